The standard InChI is InChI=1S/C14H15BrN2O2/c1-2-17(14-5-3-4-8-16-14)19-10-11-9-12(15)6-7-13(11)18/h3-9,18H,2,10H2,1H3. The Morgan fingerprint density at radius 2 is 2.16 bits per heavy atom. The zero-order valence-corrected chi connectivity index (χ0v) is 12.2. The lowest BCUT2D eigenvalue weighted by Gasteiger charge is -2.21. The molecule has 0 aliphatic rings. The van der Waals surface area contributed by atoms with E-state index in [0.717, 1.165) is 15.9 Å². The first kappa shape index (κ1) is 13.8. The highest BCUT2D eigenvalue weighted by molar-refractivity contribution is 9.10. The SMILES string of the molecule is CCN(OCc1cc(Br)ccc1O)c1ccccn1. The molecule has 0 unspecified atom stereocenters. The Bertz CT molecular complexity index is 534. The van der Waals surface area contributed by atoms with Crippen molar-refractivity contribution >= 4 is 21.7 Å². The Kier molecular flexibility index (Phi) is 4.76. The van der Waals surface area contributed by atoms with E-state index in [4.69, 9.17) is 4.84 Å². The van der Waals surface area contributed by atoms with Gasteiger partial charge in [-0.1, -0.05) is 22.0 Å². The first-order chi connectivity index (χ1) is 9.20. The molecule has 100 valence electrons. The van der Waals surface area contributed by atoms with E-state index in [1.807, 2.05) is 31.2 Å². The summed E-state index contributed by atoms with van der Waals surface area (Å²) >= 11 is 3.37. The molecule has 2 aromatic rings. The molecule has 0 radical (unpaired) electrons. The second-order valence-corrected chi connectivity index (χ2v) is 4.84. The van der Waals surface area contributed by atoms with E-state index >= 15 is 0 Å². The van der Waals surface area contributed by atoms with Crippen LogP contribution in [-0.4, -0.2) is 16.6 Å². The first-order valence-electron chi connectivity index (χ1n) is 5.99. The Morgan fingerprint density at radius 1 is 1.32 bits per heavy atom. The number of phenols is 1. The van der Waals surface area contributed by atoms with Gasteiger partial charge in [0.1, 0.15) is 12.4 Å². The molecule has 0 bridgehead atoms. The summed E-state index contributed by atoms with van der Waals surface area (Å²) in [7, 11) is 0. The Balaban J connectivity index is 2.06. The maximum absolute atomic E-state index is 9.76. The van der Waals surface area contributed by atoms with Gasteiger partial charge in [-0.15, -0.1) is 0 Å². The molecule has 1 heterocycles. The zero-order valence-electron chi connectivity index (χ0n) is 10.6. The summed E-state index contributed by atoms with van der Waals surface area (Å²) < 4.78 is 0.907. The van der Waals surface area contributed by atoms with Crippen LogP contribution in [0.15, 0.2) is 47.1 Å². The van der Waals surface area contributed by atoms with E-state index in [9.17, 15) is 5.11 Å². The third kappa shape index (κ3) is 3.68. The van der Waals surface area contributed by atoms with Crippen molar-refractivity contribution < 1.29 is 9.94 Å². The van der Waals surface area contributed by atoms with Crippen LogP contribution in [0.2, 0.25) is 0 Å². The molecule has 19 heavy (non-hydrogen) atoms. The highest BCUT2D eigenvalue weighted by atomic mass is 79.9. The summed E-state index contributed by atoms with van der Waals surface area (Å²) in [6.07, 6.45) is 1.72. The molecular formula is C14H15BrN2O2. The number of pyridine rings is 1. The van der Waals surface area contributed by atoms with Crippen molar-refractivity contribution in [3.8, 4) is 5.75 Å². The van der Waals surface area contributed by atoms with Crippen LogP contribution in [0.4, 0.5) is 5.82 Å². The van der Waals surface area contributed by atoms with E-state index in [-0.39, 0.29) is 12.4 Å². The summed E-state index contributed by atoms with van der Waals surface area (Å²) in [6, 6.07) is 10.9. The number of phenolic OH excluding ortho intramolecular Hbond substituents is 1. The highest BCUT2D eigenvalue weighted by Crippen LogP contribution is 2.23. The molecule has 2 rings (SSSR count). The van der Waals surface area contributed by atoms with E-state index in [1.165, 1.54) is 0 Å². The van der Waals surface area contributed by atoms with Crippen LogP contribution in [0, 0.1) is 0 Å². The molecule has 4 nitrogen and oxygen atoms in total. The van der Waals surface area contributed by atoms with Crippen LogP contribution in [0.5, 0.6) is 5.75 Å². The van der Waals surface area contributed by atoms with Gasteiger partial charge in [-0.05, 0) is 37.3 Å². The molecule has 0 aliphatic carbocycles. The van der Waals surface area contributed by atoms with Crippen molar-refractivity contribution in [1.29, 1.82) is 0 Å². The number of aromatic nitrogens is 1. The number of hydrogen-bond acceptors (Lipinski definition) is 4. The minimum Gasteiger partial charge on any atom is -0.508 e. The molecule has 1 aromatic carbocycles. The maximum atomic E-state index is 9.76. The molecule has 1 N–H and O–H groups in total. The van der Waals surface area contributed by atoms with Gasteiger partial charge in [-0.3, -0.25) is 4.84 Å². The van der Waals surface area contributed by atoms with E-state index in [0.29, 0.717) is 6.54 Å². The summed E-state index contributed by atoms with van der Waals surface area (Å²) in [4.78, 5) is 9.92. The predicted molar refractivity (Wildman–Crippen MR) is 77.9 cm³/mol. The van der Waals surface area contributed by atoms with Crippen molar-refractivity contribution in [3.05, 3.63) is 52.6 Å². The molecule has 0 spiro atoms. The van der Waals surface area contributed by atoms with Gasteiger partial charge in [-0.25, -0.2) is 10.0 Å². The summed E-state index contributed by atoms with van der Waals surface area (Å²) in [5.74, 6) is 0.972. The van der Waals surface area contributed by atoms with Crippen LogP contribution < -0.4 is 5.06 Å². The van der Waals surface area contributed by atoms with Gasteiger partial charge in [0.05, 0.1) is 0 Å². The average Bonchev–Trinajstić information content (AvgIpc) is 2.44. The molecule has 0 saturated carbocycles. The average molecular weight is 323 g/mol. The quantitative estimate of drug-likeness (QED) is 0.856. The van der Waals surface area contributed by atoms with E-state index in [1.54, 1.807) is 23.4 Å². The molecule has 0 saturated heterocycles. The third-order valence-electron chi connectivity index (χ3n) is 2.61. The van der Waals surface area contributed by atoms with Gasteiger partial charge in [0.2, 0.25) is 0 Å². The van der Waals surface area contributed by atoms with Crippen LogP contribution in [-0.2, 0) is 11.4 Å². The maximum Gasteiger partial charge on any atom is 0.152 e. The number of anilines is 1. The minimum atomic E-state index is 0.222. The summed E-state index contributed by atoms with van der Waals surface area (Å²) in [5.41, 5.74) is 0.726. The molecule has 0 amide bonds. The monoisotopic (exact) mass is 322 g/mol. The van der Waals surface area contributed by atoms with Crippen LogP contribution >= 0.6 is 15.9 Å². The van der Waals surface area contributed by atoms with Crippen LogP contribution in [0.1, 0.15) is 12.5 Å². The van der Waals surface area contributed by atoms with E-state index in [2.05, 4.69) is 20.9 Å². The van der Waals surface area contributed by atoms with Gasteiger partial charge in [-0.2, -0.15) is 0 Å². The fourth-order valence-corrected chi connectivity index (χ4v) is 2.05. The summed E-state index contributed by atoms with van der Waals surface area (Å²) in [6.45, 7) is 2.94. The molecule has 0 atom stereocenters. The van der Waals surface area contributed by atoms with Crippen molar-refractivity contribution in [2.24, 2.45) is 0 Å². The third-order valence-corrected chi connectivity index (χ3v) is 3.10. The number of hydrogen-bond donors (Lipinski definition) is 1. The molecule has 0 aliphatic heterocycles. The first-order valence-corrected chi connectivity index (χ1v) is 6.79. The molecular weight excluding hydrogens is 308 g/mol. The zero-order chi connectivity index (χ0) is 13.7. The van der Waals surface area contributed by atoms with Gasteiger partial charge in [0.15, 0.2) is 5.82 Å². The predicted octanol–water partition coefficient (Wildman–Crippen LogP) is 3.51. The van der Waals surface area contributed by atoms with Gasteiger partial charge >= 0.3 is 0 Å². The molecule has 0 fully saturated rings. The van der Waals surface area contributed by atoms with Crippen LogP contribution in [0.25, 0.3) is 0 Å². The lowest BCUT2D eigenvalue weighted by molar-refractivity contribution is 0.0939. The number of halogens is 1. The van der Waals surface area contributed by atoms with Crippen molar-refractivity contribution in [1.82, 2.24) is 4.98 Å². The Hall–Kier alpha value is -1.59. The summed E-state index contributed by atoms with van der Waals surface area (Å²) in [5, 5.41) is 11.5. The number of aromatic hydroxyl groups is 1. The number of nitrogens with zero attached hydrogens (tertiary/aromatic N) is 2. The normalized spacial score (nSPS) is 10.4. The van der Waals surface area contributed by atoms with Crippen molar-refractivity contribution in [2.75, 3.05) is 11.6 Å². The largest absolute Gasteiger partial charge is 0.508 e. The van der Waals surface area contributed by atoms with Crippen molar-refractivity contribution in [2.45, 2.75) is 13.5 Å². The Morgan fingerprint density at radius 3 is 2.84 bits per heavy atom. The topological polar surface area (TPSA) is 45.6 Å². The van der Waals surface area contributed by atoms with Crippen LogP contribution in [0.3, 0.4) is 0 Å². The smallest absolute Gasteiger partial charge is 0.152 e. The number of benzene rings is 1. The fourth-order valence-electron chi connectivity index (χ4n) is 1.64. The lowest BCUT2D eigenvalue weighted by Crippen LogP contribution is -2.23. The lowest BCUT2D eigenvalue weighted by atomic mass is 10.2. The second-order valence-electron chi connectivity index (χ2n) is 3.93. The number of rotatable bonds is 5. The second kappa shape index (κ2) is 6.54. The van der Waals surface area contributed by atoms with Gasteiger partial charge in [0.25, 0.3) is 0 Å². The Labute approximate surface area is 120 Å². The van der Waals surface area contributed by atoms with Gasteiger partial charge < -0.3 is 5.11 Å². The molecule has 5 heteroatoms. The highest BCUT2D eigenvalue weighted by Gasteiger charge is 2.08. The minimum absolute atomic E-state index is 0.222. The fraction of sp³-hybridized carbons (Fsp3) is 0.214. The van der Waals surface area contributed by atoms with Crippen molar-refractivity contribution in [3.63, 3.8) is 0 Å². The number of hydroxylamine groups is 1. The van der Waals surface area contributed by atoms with Gasteiger partial charge in [0, 0.05) is 22.8 Å². The molecule has 1 aromatic heterocycles. The van der Waals surface area contributed by atoms with E-state index < -0.39 is 0 Å².